The second-order valence-corrected chi connectivity index (χ2v) is 11.3. The van der Waals surface area contributed by atoms with Crippen LogP contribution in [0.15, 0.2) is 18.2 Å². The molecule has 0 N–H and O–H groups in total. The van der Waals surface area contributed by atoms with Crippen LogP contribution in [0.1, 0.15) is 0 Å². The van der Waals surface area contributed by atoms with Crippen LogP contribution in [0.2, 0.25) is 19.6 Å². The zero-order valence-corrected chi connectivity index (χ0v) is 11.9. The number of halogens is 3. The van der Waals surface area contributed by atoms with Crippen LogP contribution >= 0.6 is 11.3 Å². The van der Waals surface area contributed by atoms with E-state index >= 15 is 0 Å². The average Bonchev–Trinajstić information content (AvgIpc) is 2.57. The second-order valence-electron chi connectivity index (χ2n) is 4.95. The molecular weight excluding hydrogens is 279 g/mol. The van der Waals surface area contributed by atoms with E-state index in [2.05, 4.69) is 29.4 Å². The zero-order chi connectivity index (χ0) is 13.6. The highest BCUT2D eigenvalue weighted by Gasteiger charge is 2.31. The largest absolute Gasteiger partial charge is 0.573 e. The third-order valence-corrected chi connectivity index (χ3v) is 6.60. The molecule has 0 unspecified atom stereocenters. The monoisotopic (exact) mass is 291 g/mol. The maximum atomic E-state index is 12.1. The van der Waals surface area contributed by atoms with Gasteiger partial charge in [0.1, 0.15) is 13.8 Å². The predicted octanol–water partition coefficient (Wildman–Crippen LogP) is 3.74. The van der Waals surface area contributed by atoms with Crippen molar-refractivity contribution < 1.29 is 17.9 Å². The Morgan fingerprint density at radius 1 is 1.22 bits per heavy atom. The third-order valence-electron chi connectivity index (χ3n) is 2.24. The zero-order valence-electron chi connectivity index (χ0n) is 10.1. The lowest BCUT2D eigenvalue weighted by Crippen LogP contribution is -2.36. The summed E-state index contributed by atoms with van der Waals surface area (Å²) in [6, 6.07) is 4.25. The van der Waals surface area contributed by atoms with Gasteiger partial charge in [-0.05, 0) is 18.2 Å². The fourth-order valence-corrected chi connectivity index (χ4v) is 4.18. The Morgan fingerprint density at radius 3 is 2.44 bits per heavy atom. The van der Waals surface area contributed by atoms with Gasteiger partial charge in [0.2, 0.25) is 0 Å². The topological polar surface area (TPSA) is 22.1 Å². The van der Waals surface area contributed by atoms with E-state index in [9.17, 15) is 13.2 Å². The number of nitrogens with zero attached hydrogens (tertiary/aromatic N) is 1. The lowest BCUT2D eigenvalue weighted by molar-refractivity contribution is -0.274. The van der Waals surface area contributed by atoms with Gasteiger partial charge in [-0.25, -0.2) is 4.98 Å². The van der Waals surface area contributed by atoms with Crippen molar-refractivity contribution in [1.82, 2.24) is 4.98 Å². The van der Waals surface area contributed by atoms with Crippen molar-refractivity contribution in [2.24, 2.45) is 0 Å². The number of ether oxygens (including phenoxy) is 1. The molecule has 7 heteroatoms. The lowest BCUT2D eigenvalue weighted by atomic mass is 10.3. The maximum Gasteiger partial charge on any atom is 0.573 e. The standard InChI is InChI=1S/C11H12F3NOSSi/c1-18(2,3)10-15-8-5-4-7(6-9(8)17-10)16-11(12,13)14/h4-6H,1-3H3. The van der Waals surface area contributed by atoms with Gasteiger partial charge in [-0.2, -0.15) is 0 Å². The van der Waals surface area contributed by atoms with Crippen LogP contribution in [0.5, 0.6) is 5.75 Å². The summed E-state index contributed by atoms with van der Waals surface area (Å²) in [5, 5.41) is 0. The molecule has 0 aliphatic rings. The Kier molecular flexibility index (Phi) is 3.14. The highest BCUT2D eigenvalue weighted by Crippen LogP contribution is 2.28. The molecule has 1 heterocycles. The molecule has 0 radical (unpaired) electrons. The molecule has 2 rings (SSSR count). The summed E-state index contributed by atoms with van der Waals surface area (Å²) in [6.45, 7) is 6.45. The van der Waals surface area contributed by atoms with E-state index in [4.69, 9.17) is 0 Å². The van der Waals surface area contributed by atoms with E-state index in [0.717, 1.165) is 14.8 Å². The number of rotatable bonds is 2. The molecular formula is C11H12F3NOSSi. The molecule has 0 fully saturated rings. The first-order chi connectivity index (χ1) is 8.15. The molecule has 0 aliphatic carbocycles. The molecule has 1 aromatic heterocycles. The first-order valence-corrected chi connectivity index (χ1v) is 9.64. The van der Waals surface area contributed by atoms with Crippen LogP contribution in [0, 0.1) is 0 Å². The summed E-state index contributed by atoms with van der Waals surface area (Å²) in [5.41, 5.74) is 0.729. The van der Waals surface area contributed by atoms with E-state index in [0.29, 0.717) is 0 Å². The fourth-order valence-electron chi connectivity index (χ4n) is 1.42. The molecule has 18 heavy (non-hydrogen) atoms. The van der Waals surface area contributed by atoms with E-state index in [1.54, 1.807) is 6.07 Å². The van der Waals surface area contributed by atoms with Crippen molar-refractivity contribution in [3.05, 3.63) is 18.2 Å². The highest BCUT2D eigenvalue weighted by molar-refractivity contribution is 7.30. The van der Waals surface area contributed by atoms with E-state index in [-0.39, 0.29) is 5.75 Å². The molecule has 0 saturated carbocycles. The van der Waals surface area contributed by atoms with Gasteiger partial charge in [0, 0.05) is 0 Å². The number of hydrogen-bond acceptors (Lipinski definition) is 3. The summed E-state index contributed by atoms with van der Waals surface area (Å²) < 4.78 is 42.0. The van der Waals surface area contributed by atoms with Crippen LogP contribution in [-0.2, 0) is 0 Å². The van der Waals surface area contributed by atoms with Gasteiger partial charge in [-0.15, -0.1) is 24.5 Å². The molecule has 2 aromatic rings. The predicted molar refractivity (Wildman–Crippen MR) is 69.3 cm³/mol. The van der Waals surface area contributed by atoms with Gasteiger partial charge in [0.15, 0.2) is 0 Å². The Labute approximate surface area is 107 Å². The molecule has 0 amide bonds. The van der Waals surface area contributed by atoms with Crippen LogP contribution in [0.4, 0.5) is 13.2 Å². The number of aromatic nitrogens is 1. The van der Waals surface area contributed by atoms with Crippen molar-refractivity contribution in [2.45, 2.75) is 26.0 Å². The molecule has 0 saturated heterocycles. The highest BCUT2D eigenvalue weighted by atomic mass is 32.1. The molecule has 0 atom stereocenters. The Balaban J connectivity index is 2.40. The molecule has 0 spiro atoms. The molecule has 0 aliphatic heterocycles. The van der Waals surface area contributed by atoms with Crippen molar-refractivity contribution >= 4 is 34.3 Å². The minimum absolute atomic E-state index is 0.194. The second kappa shape index (κ2) is 4.24. The molecule has 98 valence electrons. The smallest absolute Gasteiger partial charge is 0.406 e. The number of thiazole rings is 1. The maximum absolute atomic E-state index is 12.1. The summed E-state index contributed by atoms with van der Waals surface area (Å²) in [4.78, 5) is 4.47. The summed E-state index contributed by atoms with van der Waals surface area (Å²) >= 11 is 1.45. The first kappa shape index (κ1) is 13.4. The van der Waals surface area contributed by atoms with Crippen LogP contribution in [-0.4, -0.2) is 19.4 Å². The van der Waals surface area contributed by atoms with Crippen molar-refractivity contribution in [1.29, 1.82) is 0 Å². The number of alkyl halides is 3. The fraction of sp³-hybridized carbons (Fsp3) is 0.364. The van der Waals surface area contributed by atoms with Gasteiger partial charge in [-0.3, -0.25) is 0 Å². The van der Waals surface area contributed by atoms with Crippen LogP contribution in [0.3, 0.4) is 0 Å². The van der Waals surface area contributed by atoms with E-state index in [1.807, 2.05) is 0 Å². The first-order valence-electron chi connectivity index (χ1n) is 5.32. The lowest BCUT2D eigenvalue weighted by Gasteiger charge is -2.09. The molecule has 0 bridgehead atoms. The number of fused-ring (bicyclic) bond motifs is 1. The Hall–Kier alpha value is -1.08. The van der Waals surface area contributed by atoms with Crippen LogP contribution < -0.4 is 9.37 Å². The van der Waals surface area contributed by atoms with Crippen molar-refractivity contribution in [3.63, 3.8) is 0 Å². The van der Waals surface area contributed by atoms with Crippen LogP contribution in [0.25, 0.3) is 10.2 Å². The van der Waals surface area contributed by atoms with Crippen molar-refractivity contribution in [3.8, 4) is 5.75 Å². The normalized spacial score (nSPS) is 13.0. The summed E-state index contributed by atoms with van der Waals surface area (Å²) in [7, 11) is -1.54. The molecule has 2 nitrogen and oxygen atoms in total. The Bertz CT molecular complexity index is 574. The number of hydrogen-bond donors (Lipinski definition) is 0. The molecule has 1 aromatic carbocycles. The van der Waals surface area contributed by atoms with E-state index < -0.39 is 14.4 Å². The van der Waals surface area contributed by atoms with Gasteiger partial charge < -0.3 is 4.74 Å². The quantitative estimate of drug-likeness (QED) is 0.786. The average molecular weight is 291 g/mol. The third kappa shape index (κ3) is 3.02. The number of benzene rings is 1. The minimum Gasteiger partial charge on any atom is -0.406 e. The summed E-state index contributed by atoms with van der Waals surface area (Å²) in [5.74, 6) is -0.194. The SMILES string of the molecule is C[Si](C)(C)c1nc2ccc(OC(F)(F)F)cc2s1. The Morgan fingerprint density at radius 2 is 1.89 bits per heavy atom. The van der Waals surface area contributed by atoms with Crippen molar-refractivity contribution in [2.75, 3.05) is 0 Å². The van der Waals surface area contributed by atoms with Gasteiger partial charge in [0.05, 0.1) is 14.8 Å². The summed E-state index contributed by atoms with van der Waals surface area (Å²) in [6.07, 6.45) is -4.65. The van der Waals surface area contributed by atoms with Gasteiger partial charge in [0.25, 0.3) is 0 Å². The van der Waals surface area contributed by atoms with E-state index in [1.165, 1.54) is 23.5 Å². The minimum atomic E-state index is -4.65. The van der Waals surface area contributed by atoms with Gasteiger partial charge >= 0.3 is 6.36 Å². The van der Waals surface area contributed by atoms with Gasteiger partial charge in [-0.1, -0.05) is 19.6 Å².